The molecule has 2 heterocycles. The second-order valence-corrected chi connectivity index (χ2v) is 8.64. The molecule has 0 bridgehead atoms. The van der Waals surface area contributed by atoms with Crippen LogP contribution >= 0.6 is 0 Å². The van der Waals surface area contributed by atoms with Crippen LogP contribution in [0.3, 0.4) is 0 Å². The molecule has 4 rings (SSSR count). The topological polar surface area (TPSA) is 110 Å². The first-order valence-electron chi connectivity index (χ1n) is 12.1. The Morgan fingerprint density at radius 2 is 1.75 bits per heavy atom. The van der Waals surface area contributed by atoms with Crippen LogP contribution in [-0.2, 0) is 4.79 Å². The van der Waals surface area contributed by atoms with Crippen molar-refractivity contribution in [2.45, 2.75) is 39.8 Å². The van der Waals surface area contributed by atoms with Gasteiger partial charge in [0.2, 0.25) is 0 Å². The molecule has 2 aromatic carbocycles. The first-order chi connectivity index (χ1) is 17.4. The Bertz CT molecular complexity index is 1230. The molecule has 1 unspecified atom stereocenters. The van der Waals surface area contributed by atoms with E-state index < -0.39 is 0 Å². The molecule has 9 heteroatoms. The zero-order chi connectivity index (χ0) is 25.7. The summed E-state index contributed by atoms with van der Waals surface area (Å²) < 4.78 is 5.63. The standard InChI is InChI=1S/C27H30N6O3/c1-4-14-32-18(3)24-26(33(15-5-2)27(32)35)31-25(30-24)20-8-12-22(13-9-20)36-17-23(34)29-21-10-6-19(16-28)7-11-21/h6-13,25,30H,4-5,14-15,17H2,1-3H3,(H,29,34). The van der Waals surface area contributed by atoms with Gasteiger partial charge in [0.05, 0.1) is 17.3 Å². The van der Waals surface area contributed by atoms with E-state index in [0.29, 0.717) is 35.9 Å². The van der Waals surface area contributed by atoms with Crippen LogP contribution in [0, 0.1) is 11.3 Å². The molecular formula is C27H30N6O3. The summed E-state index contributed by atoms with van der Waals surface area (Å²) in [6.07, 6.45) is 1.40. The second kappa shape index (κ2) is 11.0. The van der Waals surface area contributed by atoms with E-state index in [9.17, 15) is 9.59 Å². The van der Waals surface area contributed by atoms with Crippen molar-refractivity contribution >= 4 is 23.5 Å². The average molecular weight is 487 g/mol. The molecule has 0 saturated heterocycles. The first kappa shape index (κ1) is 24.8. The number of hydrogen-bond donors (Lipinski definition) is 2. The van der Waals surface area contributed by atoms with Gasteiger partial charge in [0.1, 0.15) is 11.9 Å². The minimum Gasteiger partial charge on any atom is -0.484 e. The molecule has 0 aliphatic carbocycles. The summed E-state index contributed by atoms with van der Waals surface area (Å²) in [6.45, 7) is 7.20. The smallest absolute Gasteiger partial charge is 0.329 e. The van der Waals surface area contributed by atoms with Crippen LogP contribution in [-0.4, -0.2) is 47.3 Å². The zero-order valence-electron chi connectivity index (χ0n) is 20.7. The number of aliphatic imine (C=N–C) groups is 1. The van der Waals surface area contributed by atoms with E-state index in [4.69, 9.17) is 15.0 Å². The fourth-order valence-electron chi connectivity index (χ4n) is 4.20. The van der Waals surface area contributed by atoms with Crippen LogP contribution < -0.4 is 15.4 Å². The normalized spacial score (nSPS) is 16.8. The van der Waals surface area contributed by atoms with Crippen molar-refractivity contribution in [1.82, 2.24) is 15.1 Å². The SMILES string of the molecule is CCCN1C(=O)N(CCC)C(C)=C2NC(c3ccc(OCC(=O)Nc4ccc(C#N)cc4)cc3)N=C21. The summed E-state index contributed by atoms with van der Waals surface area (Å²) in [7, 11) is 0. The number of nitriles is 1. The number of hydrogen-bond acceptors (Lipinski definition) is 6. The third-order valence-corrected chi connectivity index (χ3v) is 6.00. The lowest BCUT2D eigenvalue weighted by molar-refractivity contribution is -0.118. The number of nitrogens with zero attached hydrogens (tertiary/aromatic N) is 4. The Hall–Kier alpha value is -4.32. The minimum absolute atomic E-state index is 0.0239. The minimum atomic E-state index is -0.313. The monoisotopic (exact) mass is 486 g/mol. The molecule has 2 aliphatic rings. The van der Waals surface area contributed by atoms with Crippen LogP contribution in [0.2, 0.25) is 0 Å². The number of amides is 3. The predicted octanol–water partition coefficient (Wildman–Crippen LogP) is 4.37. The number of carbonyl (C=O) groups is 2. The summed E-state index contributed by atoms with van der Waals surface area (Å²) in [5.41, 5.74) is 3.84. The van der Waals surface area contributed by atoms with Crippen molar-refractivity contribution < 1.29 is 14.3 Å². The first-order valence-corrected chi connectivity index (χ1v) is 12.1. The second-order valence-electron chi connectivity index (χ2n) is 8.64. The van der Waals surface area contributed by atoms with Crippen LogP contribution in [0.15, 0.2) is 64.9 Å². The Labute approximate surface area is 211 Å². The lowest BCUT2D eigenvalue weighted by Crippen LogP contribution is -2.51. The van der Waals surface area contributed by atoms with E-state index in [2.05, 4.69) is 17.6 Å². The molecule has 0 spiro atoms. The van der Waals surface area contributed by atoms with Gasteiger partial charge < -0.3 is 15.4 Å². The van der Waals surface area contributed by atoms with Gasteiger partial charge in [-0.1, -0.05) is 26.0 Å². The van der Waals surface area contributed by atoms with E-state index in [1.54, 1.807) is 41.3 Å². The molecule has 186 valence electrons. The highest BCUT2D eigenvalue weighted by Crippen LogP contribution is 2.31. The number of ether oxygens (including phenoxy) is 1. The number of benzene rings is 2. The predicted molar refractivity (Wildman–Crippen MR) is 137 cm³/mol. The van der Waals surface area contributed by atoms with Gasteiger partial charge in [-0.3, -0.25) is 14.6 Å². The van der Waals surface area contributed by atoms with Crippen LogP contribution in [0.4, 0.5) is 10.5 Å². The van der Waals surface area contributed by atoms with Gasteiger partial charge in [-0.05, 0) is 61.7 Å². The maximum atomic E-state index is 13.1. The van der Waals surface area contributed by atoms with Crippen LogP contribution in [0.5, 0.6) is 5.75 Å². The highest BCUT2D eigenvalue weighted by Gasteiger charge is 2.39. The van der Waals surface area contributed by atoms with E-state index in [1.165, 1.54) is 0 Å². The molecule has 3 amide bonds. The third kappa shape index (κ3) is 5.18. The lowest BCUT2D eigenvalue weighted by atomic mass is 10.1. The number of amidine groups is 1. The molecule has 0 saturated carbocycles. The van der Waals surface area contributed by atoms with Crippen molar-refractivity contribution in [2.75, 3.05) is 25.0 Å². The number of nitrogens with one attached hydrogen (secondary N) is 2. The van der Waals surface area contributed by atoms with Gasteiger partial charge in [-0.15, -0.1) is 0 Å². The molecule has 2 aliphatic heterocycles. The van der Waals surface area contributed by atoms with E-state index >= 15 is 0 Å². The number of fused-ring (bicyclic) bond motifs is 1. The van der Waals surface area contributed by atoms with Crippen molar-refractivity contribution in [1.29, 1.82) is 5.26 Å². The van der Waals surface area contributed by atoms with Crippen molar-refractivity contribution in [3.63, 3.8) is 0 Å². The number of allylic oxidation sites excluding steroid dienone is 1. The Balaban J connectivity index is 1.41. The Morgan fingerprint density at radius 3 is 2.39 bits per heavy atom. The molecule has 0 fully saturated rings. The van der Waals surface area contributed by atoms with Crippen molar-refractivity contribution in [3.05, 3.63) is 71.1 Å². The summed E-state index contributed by atoms with van der Waals surface area (Å²) in [4.78, 5) is 33.7. The highest BCUT2D eigenvalue weighted by molar-refractivity contribution is 6.11. The molecule has 0 radical (unpaired) electrons. The number of urea groups is 1. The molecule has 36 heavy (non-hydrogen) atoms. The van der Waals surface area contributed by atoms with Crippen molar-refractivity contribution in [2.24, 2.45) is 4.99 Å². The molecule has 1 atom stereocenters. The fourth-order valence-corrected chi connectivity index (χ4v) is 4.20. The van der Waals surface area contributed by atoms with Gasteiger partial charge in [-0.2, -0.15) is 5.26 Å². The Kier molecular flexibility index (Phi) is 7.54. The molecular weight excluding hydrogens is 456 g/mol. The van der Waals surface area contributed by atoms with Crippen LogP contribution in [0.25, 0.3) is 0 Å². The quantitative estimate of drug-likeness (QED) is 0.547. The van der Waals surface area contributed by atoms with Gasteiger partial charge in [0.15, 0.2) is 12.4 Å². The van der Waals surface area contributed by atoms with Gasteiger partial charge in [-0.25, -0.2) is 9.79 Å². The largest absolute Gasteiger partial charge is 0.484 e. The summed E-state index contributed by atoms with van der Waals surface area (Å²) in [6, 6.07) is 16.0. The maximum absolute atomic E-state index is 13.1. The average Bonchev–Trinajstić information content (AvgIpc) is 3.34. The number of anilines is 1. The van der Waals surface area contributed by atoms with Crippen molar-refractivity contribution in [3.8, 4) is 11.8 Å². The summed E-state index contributed by atoms with van der Waals surface area (Å²) in [5, 5.41) is 15.1. The third-order valence-electron chi connectivity index (χ3n) is 6.00. The van der Waals surface area contributed by atoms with Gasteiger partial charge in [0, 0.05) is 24.5 Å². The van der Waals surface area contributed by atoms with E-state index in [-0.39, 0.29) is 24.7 Å². The highest BCUT2D eigenvalue weighted by atomic mass is 16.5. The van der Waals surface area contributed by atoms with Gasteiger partial charge in [0.25, 0.3) is 5.91 Å². The van der Waals surface area contributed by atoms with E-state index in [1.807, 2.05) is 36.9 Å². The summed E-state index contributed by atoms with van der Waals surface area (Å²) in [5.74, 6) is 0.956. The Morgan fingerprint density at radius 1 is 1.08 bits per heavy atom. The lowest BCUT2D eigenvalue weighted by Gasteiger charge is -2.36. The molecule has 2 N–H and O–H groups in total. The zero-order valence-corrected chi connectivity index (χ0v) is 20.7. The molecule has 0 aromatic heterocycles. The molecule has 2 aromatic rings. The number of rotatable bonds is 9. The molecule has 9 nitrogen and oxygen atoms in total. The fraction of sp³-hybridized carbons (Fsp3) is 0.333. The van der Waals surface area contributed by atoms with Gasteiger partial charge >= 0.3 is 6.03 Å². The maximum Gasteiger partial charge on any atom is 0.329 e. The number of carbonyl (C=O) groups excluding carboxylic acids is 2. The van der Waals surface area contributed by atoms with Crippen LogP contribution in [0.1, 0.15) is 50.9 Å². The van der Waals surface area contributed by atoms with E-state index in [0.717, 1.165) is 29.8 Å². The summed E-state index contributed by atoms with van der Waals surface area (Å²) >= 11 is 0.